The molecule has 10 heteroatoms. The van der Waals surface area contributed by atoms with Gasteiger partial charge in [-0.2, -0.15) is 12.7 Å². The number of halogens is 1. The lowest BCUT2D eigenvalue weighted by Crippen LogP contribution is -2.53. The predicted molar refractivity (Wildman–Crippen MR) is 135 cm³/mol. The Morgan fingerprint density at radius 1 is 1.03 bits per heavy atom. The molecule has 1 atom stereocenters. The van der Waals surface area contributed by atoms with Crippen LogP contribution >= 0.6 is 0 Å². The summed E-state index contributed by atoms with van der Waals surface area (Å²) in [5.41, 5.74) is 1.95. The van der Waals surface area contributed by atoms with Crippen molar-refractivity contribution in [1.29, 1.82) is 0 Å². The van der Waals surface area contributed by atoms with E-state index in [2.05, 4.69) is 5.32 Å². The highest BCUT2D eigenvalue weighted by atomic mass is 32.2. The van der Waals surface area contributed by atoms with E-state index >= 15 is 0 Å². The number of carbonyl (C=O) groups is 2. The highest BCUT2D eigenvalue weighted by Gasteiger charge is 2.33. The van der Waals surface area contributed by atoms with Crippen molar-refractivity contribution < 1.29 is 22.4 Å². The second kappa shape index (κ2) is 12.6. The molecule has 0 aliphatic carbocycles. The molecule has 0 saturated heterocycles. The minimum absolute atomic E-state index is 0.142. The number of aryl methyl sites for hydroxylation is 1. The van der Waals surface area contributed by atoms with Gasteiger partial charge in [0.25, 0.3) is 0 Å². The monoisotopic (exact) mass is 506 g/mol. The number of nitrogens with one attached hydrogen (secondary N) is 1. The van der Waals surface area contributed by atoms with Gasteiger partial charge >= 0.3 is 10.2 Å². The summed E-state index contributed by atoms with van der Waals surface area (Å²) >= 11 is 0. The van der Waals surface area contributed by atoms with Gasteiger partial charge in [0.05, 0.1) is 5.69 Å². The molecule has 0 unspecified atom stereocenters. The van der Waals surface area contributed by atoms with Crippen molar-refractivity contribution in [1.82, 2.24) is 14.5 Å². The quantitative estimate of drug-likeness (QED) is 0.479. The third kappa shape index (κ3) is 7.25. The van der Waals surface area contributed by atoms with E-state index in [1.54, 1.807) is 0 Å². The molecule has 8 nitrogen and oxygen atoms in total. The Balaban J connectivity index is 2.49. The van der Waals surface area contributed by atoms with Gasteiger partial charge in [-0.1, -0.05) is 38.1 Å². The average molecular weight is 507 g/mol. The highest BCUT2D eigenvalue weighted by Crippen LogP contribution is 2.22. The smallest absolute Gasteiger partial charge is 0.304 e. The number of rotatable bonds is 12. The molecule has 1 N–H and O–H groups in total. The molecule has 0 saturated carbocycles. The Labute approximate surface area is 207 Å². The molecule has 192 valence electrons. The van der Waals surface area contributed by atoms with Gasteiger partial charge < -0.3 is 10.2 Å². The van der Waals surface area contributed by atoms with Gasteiger partial charge in [-0.15, -0.1) is 0 Å². The fourth-order valence-electron chi connectivity index (χ4n) is 3.58. The molecule has 2 rings (SSSR count). The first-order chi connectivity index (χ1) is 16.5. The molecular weight excluding hydrogens is 471 g/mol. The maximum absolute atomic E-state index is 13.7. The fraction of sp³-hybridized carbons (Fsp3) is 0.440. The van der Waals surface area contributed by atoms with E-state index in [1.807, 2.05) is 45.0 Å². The molecule has 2 aromatic carbocycles. The summed E-state index contributed by atoms with van der Waals surface area (Å²) in [7, 11) is -1.37. The third-order valence-corrected chi connectivity index (χ3v) is 7.49. The number of carbonyl (C=O) groups excluding carboxylic acids is 2. The van der Waals surface area contributed by atoms with Gasteiger partial charge in [0.1, 0.15) is 18.4 Å². The van der Waals surface area contributed by atoms with Crippen molar-refractivity contribution in [3.8, 4) is 0 Å². The van der Waals surface area contributed by atoms with Crippen LogP contribution in [0.3, 0.4) is 0 Å². The Bertz CT molecular complexity index is 1110. The topological polar surface area (TPSA) is 90.0 Å². The van der Waals surface area contributed by atoms with Crippen molar-refractivity contribution in [2.24, 2.45) is 0 Å². The van der Waals surface area contributed by atoms with Gasteiger partial charge in [-0.3, -0.25) is 9.59 Å². The highest BCUT2D eigenvalue weighted by molar-refractivity contribution is 7.90. The van der Waals surface area contributed by atoms with Crippen LogP contribution in [0.5, 0.6) is 0 Å². The summed E-state index contributed by atoms with van der Waals surface area (Å²) in [6.07, 6.45) is 1.09. The summed E-state index contributed by atoms with van der Waals surface area (Å²) in [5, 5.41) is 2.84. The number of nitrogens with zero attached hydrogens (tertiary/aromatic N) is 3. The van der Waals surface area contributed by atoms with Crippen LogP contribution in [-0.2, 0) is 26.3 Å². The normalized spacial score (nSPS) is 12.3. The number of hydrogen-bond acceptors (Lipinski definition) is 4. The Kier molecular flexibility index (Phi) is 10.2. The zero-order valence-electron chi connectivity index (χ0n) is 21.0. The van der Waals surface area contributed by atoms with Crippen LogP contribution in [0.25, 0.3) is 0 Å². The zero-order valence-corrected chi connectivity index (χ0v) is 21.8. The van der Waals surface area contributed by atoms with Crippen molar-refractivity contribution in [2.75, 3.05) is 31.5 Å². The molecule has 2 amide bonds. The van der Waals surface area contributed by atoms with Gasteiger partial charge in [0.15, 0.2) is 0 Å². The van der Waals surface area contributed by atoms with Crippen LogP contribution in [0.4, 0.5) is 10.1 Å². The molecule has 0 bridgehead atoms. The first-order valence-electron chi connectivity index (χ1n) is 11.6. The molecule has 0 spiro atoms. The van der Waals surface area contributed by atoms with Crippen LogP contribution in [-0.4, -0.2) is 62.7 Å². The second-order valence-electron chi connectivity index (χ2n) is 8.44. The van der Waals surface area contributed by atoms with Crippen molar-refractivity contribution in [2.45, 2.75) is 46.2 Å². The molecule has 0 radical (unpaired) electrons. The van der Waals surface area contributed by atoms with E-state index in [1.165, 1.54) is 31.1 Å². The van der Waals surface area contributed by atoms with E-state index in [0.29, 0.717) is 13.0 Å². The molecule has 0 fully saturated rings. The van der Waals surface area contributed by atoms with Crippen molar-refractivity contribution >= 4 is 27.7 Å². The van der Waals surface area contributed by atoms with Crippen LogP contribution in [0.1, 0.15) is 37.8 Å². The summed E-state index contributed by atoms with van der Waals surface area (Å²) in [5.74, 6) is -1.36. The molecule has 2 aromatic rings. The number of anilines is 1. The Hall–Kier alpha value is -2.98. The maximum atomic E-state index is 13.7. The van der Waals surface area contributed by atoms with E-state index in [0.717, 1.165) is 38.3 Å². The minimum atomic E-state index is -4.09. The lowest BCUT2D eigenvalue weighted by atomic mass is 10.1. The molecule has 0 aliphatic rings. The standard InChI is InChI=1S/C25H35FN4O4S/c1-6-16-27-25(32)23(7-2)29(17-20-11-9-8-10-19(20)3)24(31)18-30(35(33,34)28(4)5)22-14-12-21(26)13-15-22/h8-15,23H,6-7,16-18H2,1-5H3,(H,27,32)/t23-/m0/s1. The fourth-order valence-corrected chi connectivity index (χ4v) is 4.64. The van der Waals surface area contributed by atoms with Gasteiger partial charge in [0, 0.05) is 27.2 Å². The van der Waals surface area contributed by atoms with Gasteiger partial charge in [-0.05, 0) is 55.2 Å². The summed E-state index contributed by atoms with van der Waals surface area (Å²) in [6, 6.07) is 11.6. The average Bonchev–Trinajstić information content (AvgIpc) is 2.82. The van der Waals surface area contributed by atoms with E-state index in [9.17, 15) is 22.4 Å². The van der Waals surface area contributed by atoms with Crippen molar-refractivity contribution in [3.63, 3.8) is 0 Å². The zero-order chi connectivity index (χ0) is 26.2. The van der Waals surface area contributed by atoms with E-state index < -0.39 is 34.5 Å². The maximum Gasteiger partial charge on any atom is 0.304 e. The molecule has 35 heavy (non-hydrogen) atoms. The first kappa shape index (κ1) is 28.3. The summed E-state index contributed by atoms with van der Waals surface area (Å²) in [4.78, 5) is 28.1. The SMILES string of the molecule is CCCNC(=O)[C@H](CC)N(Cc1ccccc1C)C(=O)CN(c1ccc(F)cc1)S(=O)(=O)N(C)C. The minimum Gasteiger partial charge on any atom is -0.354 e. The summed E-state index contributed by atoms with van der Waals surface area (Å²) in [6.45, 7) is 5.72. The lowest BCUT2D eigenvalue weighted by Gasteiger charge is -2.34. The summed E-state index contributed by atoms with van der Waals surface area (Å²) < 4.78 is 41.7. The van der Waals surface area contributed by atoms with Crippen molar-refractivity contribution in [3.05, 3.63) is 65.5 Å². The van der Waals surface area contributed by atoms with Gasteiger partial charge in [-0.25, -0.2) is 8.70 Å². The van der Waals surface area contributed by atoms with Crippen LogP contribution in [0.15, 0.2) is 48.5 Å². The Morgan fingerprint density at radius 3 is 2.20 bits per heavy atom. The number of hydrogen-bond donors (Lipinski definition) is 1. The second-order valence-corrected chi connectivity index (χ2v) is 10.5. The molecule has 0 aromatic heterocycles. The lowest BCUT2D eigenvalue weighted by molar-refractivity contribution is -0.140. The van der Waals surface area contributed by atoms with E-state index in [-0.39, 0.29) is 18.1 Å². The Morgan fingerprint density at radius 2 is 1.66 bits per heavy atom. The predicted octanol–water partition coefficient (Wildman–Crippen LogP) is 3.08. The van der Waals surface area contributed by atoms with Crippen LogP contribution in [0, 0.1) is 12.7 Å². The first-order valence-corrected chi connectivity index (χ1v) is 13.0. The molecule has 0 aliphatic heterocycles. The van der Waals surface area contributed by atoms with E-state index in [4.69, 9.17) is 0 Å². The number of amides is 2. The van der Waals surface area contributed by atoms with Crippen LogP contribution in [0.2, 0.25) is 0 Å². The molecule has 0 heterocycles. The van der Waals surface area contributed by atoms with Gasteiger partial charge in [0.2, 0.25) is 11.8 Å². The number of benzene rings is 2. The third-order valence-electron chi connectivity index (χ3n) is 5.67. The van der Waals surface area contributed by atoms with Crippen LogP contribution < -0.4 is 9.62 Å². The molecular formula is C25H35FN4O4S. The largest absolute Gasteiger partial charge is 0.354 e.